The van der Waals surface area contributed by atoms with Crippen molar-refractivity contribution in [2.75, 3.05) is 6.61 Å². The normalized spacial score (nSPS) is 14.3. The first-order chi connectivity index (χ1) is 10.4. The highest BCUT2D eigenvalue weighted by molar-refractivity contribution is 9.11. The van der Waals surface area contributed by atoms with Crippen molar-refractivity contribution in [1.29, 1.82) is 0 Å². The van der Waals surface area contributed by atoms with Crippen LogP contribution in [0.1, 0.15) is 5.56 Å². The summed E-state index contributed by atoms with van der Waals surface area (Å²) in [6, 6.07) is 3.54. The molecular weight excluding hydrogens is 436 g/mol. The van der Waals surface area contributed by atoms with Crippen LogP contribution in [-0.4, -0.2) is 23.5 Å². The molecule has 2 amide bonds. The minimum absolute atomic E-state index is 0.00861. The summed E-state index contributed by atoms with van der Waals surface area (Å²) >= 11 is 11.5. The molecule has 0 spiro atoms. The minimum atomic E-state index is -0.556. The number of carbonyl (C=O) groups is 2. The number of hydrogen-bond acceptors (Lipinski definition) is 4. The van der Waals surface area contributed by atoms with E-state index in [1.807, 2.05) is 0 Å². The largest absolute Gasteiger partial charge is 0.488 e. The molecule has 0 saturated carbocycles. The average molecular weight is 446 g/mol. The second-order valence-corrected chi connectivity index (χ2v) is 6.38. The Bertz CT molecular complexity index is 694. The molecule has 5 nitrogen and oxygen atoms in total. The van der Waals surface area contributed by atoms with E-state index < -0.39 is 11.8 Å². The molecule has 1 saturated heterocycles. The monoisotopic (exact) mass is 444 g/mol. The molecule has 0 aromatic heterocycles. The highest BCUT2D eigenvalue weighted by Crippen LogP contribution is 2.34. The molecule has 0 unspecified atom stereocenters. The molecule has 1 aromatic carbocycles. The number of amides is 2. The molecule has 1 heterocycles. The average Bonchev–Trinajstić information content (AvgIpc) is 2.41. The van der Waals surface area contributed by atoms with Crippen LogP contribution in [-0.2, 0) is 9.59 Å². The van der Waals surface area contributed by atoms with E-state index in [-0.39, 0.29) is 10.7 Å². The highest BCUT2D eigenvalue weighted by atomic mass is 79.9. The SMILES string of the molecule is C=CCOc1c(Br)cc(Br)cc1C=C1C(=O)NC(=S)NC1=O. The summed E-state index contributed by atoms with van der Waals surface area (Å²) in [5.74, 6) is -0.608. The quantitative estimate of drug-likeness (QED) is 0.323. The van der Waals surface area contributed by atoms with Crippen LogP contribution in [0, 0.1) is 0 Å². The molecule has 1 aliphatic heterocycles. The van der Waals surface area contributed by atoms with Gasteiger partial charge in [0.05, 0.1) is 4.47 Å². The molecule has 0 bridgehead atoms. The van der Waals surface area contributed by atoms with Gasteiger partial charge in [-0.15, -0.1) is 0 Å². The van der Waals surface area contributed by atoms with Crippen molar-refractivity contribution in [2.24, 2.45) is 0 Å². The summed E-state index contributed by atoms with van der Waals surface area (Å²) in [5, 5.41) is 4.76. The van der Waals surface area contributed by atoms with Gasteiger partial charge in [-0.05, 0) is 46.4 Å². The summed E-state index contributed by atoms with van der Waals surface area (Å²) in [4.78, 5) is 23.8. The summed E-state index contributed by atoms with van der Waals surface area (Å²) in [6.45, 7) is 3.88. The number of hydrogen-bond donors (Lipinski definition) is 2. The number of carbonyl (C=O) groups excluding carboxylic acids is 2. The van der Waals surface area contributed by atoms with Gasteiger partial charge in [0.25, 0.3) is 11.8 Å². The Morgan fingerprint density at radius 1 is 1.23 bits per heavy atom. The number of nitrogens with one attached hydrogen (secondary N) is 2. The third-order valence-electron chi connectivity index (χ3n) is 2.63. The first-order valence-electron chi connectivity index (χ1n) is 6.03. The number of benzene rings is 1. The lowest BCUT2D eigenvalue weighted by molar-refractivity contribution is -0.123. The summed E-state index contributed by atoms with van der Waals surface area (Å²) in [6.07, 6.45) is 3.05. The number of halogens is 2. The number of thiocarbonyl (C=S) groups is 1. The van der Waals surface area contributed by atoms with Gasteiger partial charge in [-0.2, -0.15) is 0 Å². The van der Waals surface area contributed by atoms with Crippen LogP contribution in [0.2, 0.25) is 0 Å². The maximum atomic E-state index is 11.9. The van der Waals surface area contributed by atoms with Crippen molar-refractivity contribution in [3.63, 3.8) is 0 Å². The lowest BCUT2D eigenvalue weighted by Gasteiger charge is -2.17. The fraction of sp³-hybridized carbons (Fsp3) is 0.0714. The Hall–Kier alpha value is -1.51. The van der Waals surface area contributed by atoms with Gasteiger partial charge in [-0.25, -0.2) is 0 Å². The van der Waals surface area contributed by atoms with Crippen LogP contribution in [0.25, 0.3) is 6.08 Å². The molecule has 2 rings (SSSR count). The molecule has 0 atom stereocenters. The smallest absolute Gasteiger partial charge is 0.263 e. The Kier molecular flexibility index (Phi) is 5.49. The topological polar surface area (TPSA) is 67.4 Å². The summed E-state index contributed by atoms with van der Waals surface area (Å²) < 4.78 is 7.04. The molecule has 1 fully saturated rings. The first kappa shape index (κ1) is 16.9. The van der Waals surface area contributed by atoms with E-state index in [9.17, 15) is 9.59 Å². The molecule has 1 aliphatic rings. The lowest BCUT2D eigenvalue weighted by atomic mass is 10.1. The van der Waals surface area contributed by atoms with Crippen LogP contribution < -0.4 is 15.4 Å². The predicted octanol–water partition coefficient (Wildman–Crippen LogP) is 2.69. The minimum Gasteiger partial charge on any atom is -0.488 e. The van der Waals surface area contributed by atoms with Crippen molar-refractivity contribution < 1.29 is 14.3 Å². The van der Waals surface area contributed by atoms with Crippen molar-refractivity contribution in [3.8, 4) is 5.75 Å². The zero-order valence-electron chi connectivity index (χ0n) is 11.1. The Morgan fingerprint density at radius 2 is 1.86 bits per heavy atom. The molecule has 2 N–H and O–H groups in total. The molecule has 114 valence electrons. The van der Waals surface area contributed by atoms with Crippen LogP contribution >= 0.6 is 44.1 Å². The second-order valence-electron chi connectivity index (χ2n) is 4.20. The Labute approximate surface area is 149 Å². The van der Waals surface area contributed by atoms with Crippen LogP contribution in [0.4, 0.5) is 0 Å². The molecule has 0 radical (unpaired) electrons. The van der Waals surface area contributed by atoms with Crippen LogP contribution in [0.5, 0.6) is 5.75 Å². The third-order valence-corrected chi connectivity index (χ3v) is 3.88. The summed E-state index contributed by atoms with van der Waals surface area (Å²) in [7, 11) is 0. The maximum absolute atomic E-state index is 11.9. The van der Waals surface area contributed by atoms with Crippen LogP contribution in [0.3, 0.4) is 0 Å². The van der Waals surface area contributed by atoms with Gasteiger partial charge < -0.3 is 4.74 Å². The van der Waals surface area contributed by atoms with Crippen molar-refractivity contribution in [1.82, 2.24) is 10.6 Å². The maximum Gasteiger partial charge on any atom is 0.263 e. The van der Waals surface area contributed by atoms with Gasteiger partial charge in [0.2, 0.25) is 0 Å². The third kappa shape index (κ3) is 3.82. The van der Waals surface area contributed by atoms with Gasteiger partial charge in [0.1, 0.15) is 17.9 Å². The molecule has 1 aromatic rings. The fourth-order valence-corrected chi connectivity index (χ4v) is 3.30. The van der Waals surface area contributed by atoms with Crippen molar-refractivity contribution in [3.05, 3.63) is 44.9 Å². The standard InChI is InChI=1S/C14H10Br2N2O3S/c1-2-3-21-11-7(4-8(15)6-10(11)16)5-9-12(19)17-14(22)18-13(9)20/h2,4-6H,1,3H2,(H2,17,18,19,20,22). The zero-order chi connectivity index (χ0) is 16.3. The number of ether oxygens (including phenoxy) is 1. The van der Waals surface area contributed by atoms with E-state index >= 15 is 0 Å². The van der Waals surface area contributed by atoms with Crippen LogP contribution in [0.15, 0.2) is 39.3 Å². The Balaban J connectivity index is 2.49. The highest BCUT2D eigenvalue weighted by Gasteiger charge is 2.26. The lowest BCUT2D eigenvalue weighted by Crippen LogP contribution is -2.51. The van der Waals surface area contributed by atoms with Gasteiger partial charge in [0, 0.05) is 10.0 Å². The van der Waals surface area contributed by atoms with E-state index in [1.54, 1.807) is 18.2 Å². The summed E-state index contributed by atoms with van der Waals surface area (Å²) in [5.41, 5.74) is 0.512. The van der Waals surface area contributed by atoms with E-state index in [1.165, 1.54) is 6.08 Å². The number of rotatable bonds is 4. The van der Waals surface area contributed by atoms with E-state index in [0.717, 1.165) is 4.47 Å². The van der Waals surface area contributed by atoms with Crippen molar-refractivity contribution >= 4 is 67.1 Å². The molecule has 0 aliphatic carbocycles. The van der Waals surface area contributed by atoms with Gasteiger partial charge in [0.15, 0.2) is 5.11 Å². The van der Waals surface area contributed by atoms with Crippen molar-refractivity contribution in [2.45, 2.75) is 0 Å². The fourth-order valence-electron chi connectivity index (χ4n) is 1.74. The Morgan fingerprint density at radius 3 is 2.45 bits per heavy atom. The van der Waals surface area contributed by atoms with E-state index in [4.69, 9.17) is 17.0 Å². The molecule has 8 heteroatoms. The van der Waals surface area contributed by atoms with E-state index in [0.29, 0.717) is 22.4 Å². The second kappa shape index (κ2) is 7.17. The van der Waals surface area contributed by atoms with Gasteiger partial charge >= 0.3 is 0 Å². The van der Waals surface area contributed by atoms with Gasteiger partial charge in [-0.1, -0.05) is 28.6 Å². The molecular formula is C14H10Br2N2O3S. The molecule has 22 heavy (non-hydrogen) atoms. The predicted molar refractivity (Wildman–Crippen MR) is 94.4 cm³/mol. The van der Waals surface area contributed by atoms with E-state index in [2.05, 4.69) is 49.1 Å². The van der Waals surface area contributed by atoms with Gasteiger partial charge in [-0.3, -0.25) is 20.2 Å². The zero-order valence-corrected chi connectivity index (χ0v) is 15.1. The first-order valence-corrected chi connectivity index (χ1v) is 8.03.